The van der Waals surface area contributed by atoms with Gasteiger partial charge in [-0.15, -0.1) is 0 Å². The van der Waals surface area contributed by atoms with Crippen molar-refractivity contribution in [2.24, 2.45) is 10.3 Å². The van der Waals surface area contributed by atoms with E-state index in [-0.39, 0.29) is 18.4 Å². The number of hydrogen-bond donors (Lipinski definition) is 0. The van der Waals surface area contributed by atoms with Gasteiger partial charge in [0.15, 0.2) is 12.1 Å². The predicted octanol–water partition coefficient (Wildman–Crippen LogP) is 3.16. The fourth-order valence-electron chi connectivity index (χ4n) is 3.75. The number of aromatic nitrogens is 2. The molecule has 2 aromatic carbocycles. The van der Waals surface area contributed by atoms with E-state index in [1.165, 1.54) is 9.91 Å². The molecule has 9 nitrogen and oxygen atoms in total. The molecule has 31 heavy (non-hydrogen) atoms. The number of nitrogens with zero attached hydrogens (tertiary/aromatic N) is 6. The molecule has 0 spiro atoms. The molecule has 1 fully saturated rings. The van der Waals surface area contributed by atoms with Gasteiger partial charge in [-0.25, -0.2) is 4.90 Å². The molecule has 2 amide bonds. The zero-order valence-electron chi connectivity index (χ0n) is 17.3. The number of carbonyl (C=O) groups excluding carboxylic acids is 2. The third kappa shape index (κ3) is 3.18. The second-order valence-electron chi connectivity index (χ2n) is 7.85. The van der Waals surface area contributed by atoms with E-state index in [4.69, 9.17) is 4.52 Å². The normalized spacial score (nSPS) is 20.1. The average molecular weight is 416 g/mol. The van der Waals surface area contributed by atoms with Crippen LogP contribution < -0.4 is 4.90 Å². The lowest BCUT2D eigenvalue weighted by Gasteiger charge is -2.19. The van der Waals surface area contributed by atoms with Crippen LogP contribution >= 0.6 is 0 Å². The largest absolute Gasteiger partial charge is 0.337 e. The number of amides is 2. The molecule has 0 saturated carbocycles. The highest BCUT2D eigenvalue weighted by atomic mass is 16.5. The Bertz CT molecular complexity index is 1220. The highest BCUT2D eigenvalue weighted by Gasteiger charge is 2.55. The highest BCUT2D eigenvalue weighted by Crippen LogP contribution is 2.33. The Hall–Kier alpha value is -3.88. The fourth-order valence-corrected chi connectivity index (χ4v) is 3.75. The molecule has 1 aromatic heterocycles. The van der Waals surface area contributed by atoms with Gasteiger partial charge in [-0.2, -0.15) is 10.1 Å². The Kier molecular flexibility index (Phi) is 4.39. The van der Waals surface area contributed by atoms with Gasteiger partial charge < -0.3 is 4.52 Å². The van der Waals surface area contributed by atoms with Gasteiger partial charge in [0.1, 0.15) is 6.54 Å². The van der Waals surface area contributed by atoms with Gasteiger partial charge >= 0.3 is 0 Å². The predicted molar refractivity (Wildman–Crippen MR) is 111 cm³/mol. The molecule has 3 aromatic rings. The van der Waals surface area contributed by atoms with Crippen molar-refractivity contribution in [1.82, 2.24) is 15.1 Å². The van der Waals surface area contributed by atoms with Crippen LogP contribution in [0, 0.1) is 20.8 Å². The molecule has 2 aliphatic rings. The van der Waals surface area contributed by atoms with Crippen LogP contribution in [0.4, 0.5) is 5.69 Å². The summed E-state index contributed by atoms with van der Waals surface area (Å²) in [5.41, 5.74) is 4.60. The molecular weight excluding hydrogens is 396 g/mol. The zero-order valence-corrected chi connectivity index (χ0v) is 17.3. The van der Waals surface area contributed by atoms with Gasteiger partial charge in [-0.1, -0.05) is 46.3 Å². The smallest absolute Gasteiger partial charge is 0.263 e. The lowest BCUT2D eigenvalue weighted by atomic mass is 10.1. The summed E-state index contributed by atoms with van der Waals surface area (Å²) in [6.07, 6.45) is 0. The summed E-state index contributed by atoms with van der Waals surface area (Å²) in [6.45, 7) is 6.01. The van der Waals surface area contributed by atoms with Gasteiger partial charge in [0.05, 0.1) is 5.69 Å². The van der Waals surface area contributed by atoms with E-state index in [2.05, 4.69) is 20.5 Å². The van der Waals surface area contributed by atoms with Crippen LogP contribution in [-0.4, -0.2) is 39.0 Å². The molecule has 1 saturated heterocycles. The molecule has 0 N–H and O–H groups in total. The number of hydrogen-bond acceptors (Lipinski definition) is 8. The van der Waals surface area contributed by atoms with Gasteiger partial charge in [0, 0.05) is 5.56 Å². The maximum absolute atomic E-state index is 13.1. The van der Waals surface area contributed by atoms with Crippen LogP contribution in [0.5, 0.6) is 0 Å². The molecule has 0 radical (unpaired) electrons. The summed E-state index contributed by atoms with van der Waals surface area (Å²) < 4.78 is 5.35. The van der Waals surface area contributed by atoms with Crippen molar-refractivity contribution in [1.29, 1.82) is 0 Å². The Balaban J connectivity index is 1.36. The number of rotatable bonds is 4. The van der Waals surface area contributed by atoms with Crippen molar-refractivity contribution >= 4 is 17.5 Å². The molecular formula is C22H20N6O3. The average Bonchev–Trinajstić information content (AvgIpc) is 3.44. The summed E-state index contributed by atoms with van der Waals surface area (Å²) in [6, 6.07) is 11.6. The van der Waals surface area contributed by atoms with Crippen LogP contribution in [0.1, 0.15) is 22.6 Å². The first kappa shape index (κ1) is 19.1. The molecule has 156 valence electrons. The van der Waals surface area contributed by atoms with E-state index < -0.39 is 12.1 Å². The minimum atomic E-state index is -0.867. The second kappa shape index (κ2) is 7.12. The quantitative estimate of drug-likeness (QED) is 0.605. The van der Waals surface area contributed by atoms with Crippen molar-refractivity contribution in [3.63, 3.8) is 0 Å². The summed E-state index contributed by atoms with van der Waals surface area (Å²) in [5.74, 6) is 0.00484. The Morgan fingerprint density at radius 1 is 0.968 bits per heavy atom. The number of benzene rings is 2. The molecule has 2 unspecified atom stereocenters. The summed E-state index contributed by atoms with van der Waals surface area (Å²) in [4.78, 5) is 31.6. The van der Waals surface area contributed by atoms with E-state index in [1.807, 2.05) is 57.2 Å². The van der Waals surface area contributed by atoms with Gasteiger partial charge in [-0.05, 0) is 44.0 Å². The minimum absolute atomic E-state index is 0.0866. The van der Waals surface area contributed by atoms with Gasteiger partial charge in [0.2, 0.25) is 11.7 Å². The van der Waals surface area contributed by atoms with Crippen LogP contribution in [0.15, 0.2) is 57.3 Å². The topological polar surface area (TPSA) is 104 Å². The number of aryl methyl sites for hydroxylation is 3. The lowest BCUT2D eigenvalue weighted by molar-refractivity contribution is -0.123. The number of carbonyl (C=O) groups is 2. The van der Waals surface area contributed by atoms with E-state index in [0.717, 1.165) is 22.3 Å². The standard InChI is InChI=1S/C22H20N6O3/c1-12-4-7-15(8-5-12)20-23-17(31-25-20)11-27-19-18(24-26-27)21(29)28(22(19)30)16-9-6-13(2)14(3)10-16/h4-10,18-19H,11H2,1-3H3. The Morgan fingerprint density at radius 3 is 2.48 bits per heavy atom. The van der Waals surface area contributed by atoms with Crippen LogP contribution in [0.25, 0.3) is 11.4 Å². The first-order valence-electron chi connectivity index (χ1n) is 9.94. The SMILES string of the molecule is Cc1ccc(-c2noc(CN3N=NC4C(=O)N(c5ccc(C)c(C)c5)C(=O)C43)n2)cc1. The van der Waals surface area contributed by atoms with E-state index in [9.17, 15) is 9.59 Å². The van der Waals surface area contributed by atoms with Crippen molar-refractivity contribution < 1.29 is 14.1 Å². The van der Waals surface area contributed by atoms with Crippen LogP contribution in [-0.2, 0) is 16.1 Å². The third-order valence-corrected chi connectivity index (χ3v) is 5.68. The molecule has 0 aliphatic carbocycles. The maximum atomic E-state index is 13.1. The summed E-state index contributed by atoms with van der Waals surface area (Å²) in [5, 5.41) is 13.5. The number of imide groups is 1. The van der Waals surface area contributed by atoms with E-state index >= 15 is 0 Å². The van der Waals surface area contributed by atoms with Crippen LogP contribution in [0.2, 0.25) is 0 Å². The highest BCUT2D eigenvalue weighted by molar-refractivity contribution is 6.25. The Labute approximate surface area is 178 Å². The first-order chi connectivity index (χ1) is 14.9. The second-order valence-corrected chi connectivity index (χ2v) is 7.85. The lowest BCUT2D eigenvalue weighted by Crippen LogP contribution is -2.39. The number of anilines is 1. The first-order valence-corrected chi connectivity index (χ1v) is 9.94. The van der Waals surface area contributed by atoms with Crippen molar-refractivity contribution in [3.05, 3.63) is 65.0 Å². The molecule has 9 heteroatoms. The van der Waals surface area contributed by atoms with Gasteiger partial charge in [0.25, 0.3) is 11.8 Å². The molecule has 0 bridgehead atoms. The molecule has 3 heterocycles. The maximum Gasteiger partial charge on any atom is 0.263 e. The Morgan fingerprint density at radius 2 is 1.74 bits per heavy atom. The monoisotopic (exact) mass is 416 g/mol. The van der Waals surface area contributed by atoms with E-state index in [0.29, 0.717) is 17.4 Å². The molecule has 5 rings (SSSR count). The number of fused-ring (bicyclic) bond motifs is 1. The fraction of sp³-hybridized carbons (Fsp3) is 0.273. The zero-order chi connectivity index (χ0) is 21.7. The van der Waals surface area contributed by atoms with Crippen molar-refractivity contribution in [2.45, 2.75) is 39.4 Å². The summed E-state index contributed by atoms with van der Waals surface area (Å²) >= 11 is 0. The minimum Gasteiger partial charge on any atom is -0.337 e. The van der Waals surface area contributed by atoms with Crippen LogP contribution in [0.3, 0.4) is 0 Å². The third-order valence-electron chi connectivity index (χ3n) is 5.68. The van der Waals surface area contributed by atoms with Crippen molar-refractivity contribution in [3.8, 4) is 11.4 Å². The van der Waals surface area contributed by atoms with E-state index in [1.54, 1.807) is 6.07 Å². The molecule has 2 atom stereocenters. The van der Waals surface area contributed by atoms with Gasteiger partial charge in [-0.3, -0.25) is 14.6 Å². The molecule has 2 aliphatic heterocycles. The summed E-state index contributed by atoms with van der Waals surface area (Å²) in [7, 11) is 0. The van der Waals surface area contributed by atoms with Crippen molar-refractivity contribution in [2.75, 3.05) is 4.90 Å².